The lowest BCUT2D eigenvalue weighted by molar-refractivity contribution is 0.212. The molecule has 0 aliphatic heterocycles. The zero-order valence-electron chi connectivity index (χ0n) is 11.8. The van der Waals surface area contributed by atoms with Crippen LogP contribution >= 0.6 is 0 Å². The van der Waals surface area contributed by atoms with E-state index in [1.807, 2.05) is 32.1 Å². The van der Waals surface area contributed by atoms with Gasteiger partial charge < -0.3 is 4.74 Å². The number of aryl methyl sites for hydroxylation is 1. The Bertz CT molecular complexity index is 388. The van der Waals surface area contributed by atoms with Crippen molar-refractivity contribution in [3.05, 3.63) is 72.5 Å². The Labute approximate surface area is 111 Å². The van der Waals surface area contributed by atoms with E-state index in [2.05, 4.69) is 38.3 Å². The molecule has 0 aliphatic rings. The molecule has 1 aromatic carbocycles. The highest BCUT2D eigenvalue weighted by atomic mass is 16.5. The average Bonchev–Trinajstić information content (AvgIpc) is 2.45. The first-order valence-electron chi connectivity index (χ1n) is 6.45. The van der Waals surface area contributed by atoms with Crippen LogP contribution in [0.25, 0.3) is 0 Å². The second kappa shape index (κ2) is 10.4. The Morgan fingerprint density at radius 1 is 1.22 bits per heavy atom. The lowest BCUT2D eigenvalue weighted by atomic mass is 10.1. The molecule has 0 radical (unpaired) electrons. The molecular weight excluding hydrogens is 220 g/mol. The van der Waals surface area contributed by atoms with Gasteiger partial charge >= 0.3 is 0 Å². The van der Waals surface area contributed by atoms with E-state index in [4.69, 9.17) is 4.74 Å². The molecule has 1 rings (SSSR count). The molecule has 0 unspecified atom stereocenters. The Hall–Kier alpha value is -1.76. The van der Waals surface area contributed by atoms with Crippen molar-refractivity contribution in [2.24, 2.45) is 0 Å². The summed E-state index contributed by atoms with van der Waals surface area (Å²) in [4.78, 5) is 0. The van der Waals surface area contributed by atoms with Gasteiger partial charge in [0.05, 0.1) is 0 Å². The fourth-order valence-electron chi connectivity index (χ4n) is 1.44. The molecule has 0 N–H and O–H groups in total. The molecule has 0 amide bonds. The SMILES string of the molecule is C=C/C=C\C(=C)OCc1ccccc1CC.CC. The maximum atomic E-state index is 5.54. The molecule has 0 heterocycles. The van der Waals surface area contributed by atoms with Crippen LogP contribution in [0.3, 0.4) is 0 Å². The standard InChI is InChI=1S/C15H18O.C2H6/c1-4-6-9-13(3)16-12-15-11-8-7-10-14(15)5-2;1-2/h4,6-11H,1,3,5,12H2,2H3;1-2H3/b9-6-;. The monoisotopic (exact) mass is 244 g/mol. The lowest BCUT2D eigenvalue weighted by Crippen LogP contribution is -1.95. The van der Waals surface area contributed by atoms with Crippen molar-refractivity contribution >= 4 is 0 Å². The molecule has 0 aliphatic carbocycles. The van der Waals surface area contributed by atoms with Gasteiger partial charge in [0, 0.05) is 0 Å². The maximum absolute atomic E-state index is 5.54. The Balaban J connectivity index is 0.00000137. The molecule has 0 atom stereocenters. The Morgan fingerprint density at radius 3 is 2.39 bits per heavy atom. The summed E-state index contributed by atoms with van der Waals surface area (Å²) in [7, 11) is 0. The normalized spacial score (nSPS) is 9.50. The largest absolute Gasteiger partial charge is 0.490 e. The van der Waals surface area contributed by atoms with Crippen LogP contribution in [0.2, 0.25) is 0 Å². The maximum Gasteiger partial charge on any atom is 0.114 e. The van der Waals surface area contributed by atoms with E-state index in [0.29, 0.717) is 12.4 Å². The quantitative estimate of drug-likeness (QED) is 0.502. The van der Waals surface area contributed by atoms with Crippen LogP contribution in [0.5, 0.6) is 0 Å². The van der Waals surface area contributed by atoms with Crippen LogP contribution < -0.4 is 0 Å². The third-order valence-corrected chi connectivity index (χ3v) is 2.33. The number of ether oxygens (including phenoxy) is 1. The van der Waals surface area contributed by atoms with E-state index in [1.165, 1.54) is 11.1 Å². The van der Waals surface area contributed by atoms with Crippen LogP contribution in [-0.4, -0.2) is 0 Å². The first-order valence-corrected chi connectivity index (χ1v) is 6.45. The van der Waals surface area contributed by atoms with Gasteiger partial charge in [-0.3, -0.25) is 0 Å². The van der Waals surface area contributed by atoms with E-state index in [0.717, 1.165) is 6.42 Å². The first-order chi connectivity index (χ1) is 8.77. The minimum atomic E-state index is 0.574. The summed E-state index contributed by atoms with van der Waals surface area (Å²) < 4.78 is 5.54. The number of benzene rings is 1. The second-order valence-electron chi connectivity index (χ2n) is 3.47. The highest BCUT2D eigenvalue weighted by Crippen LogP contribution is 2.12. The molecule has 1 heteroatoms. The van der Waals surface area contributed by atoms with Gasteiger partial charge in [-0.25, -0.2) is 0 Å². The van der Waals surface area contributed by atoms with E-state index in [9.17, 15) is 0 Å². The zero-order valence-corrected chi connectivity index (χ0v) is 11.8. The van der Waals surface area contributed by atoms with Crippen molar-refractivity contribution in [1.82, 2.24) is 0 Å². The molecule has 0 aromatic heterocycles. The van der Waals surface area contributed by atoms with Crippen LogP contribution in [0.15, 0.2) is 61.4 Å². The van der Waals surface area contributed by atoms with Crippen molar-refractivity contribution < 1.29 is 4.74 Å². The van der Waals surface area contributed by atoms with E-state index in [-0.39, 0.29) is 0 Å². The van der Waals surface area contributed by atoms with Gasteiger partial charge in [-0.1, -0.05) is 70.3 Å². The summed E-state index contributed by atoms with van der Waals surface area (Å²) in [6.45, 7) is 14.1. The summed E-state index contributed by atoms with van der Waals surface area (Å²) in [5, 5.41) is 0. The fourth-order valence-corrected chi connectivity index (χ4v) is 1.44. The smallest absolute Gasteiger partial charge is 0.114 e. The van der Waals surface area contributed by atoms with Gasteiger partial charge in [0.15, 0.2) is 0 Å². The highest BCUT2D eigenvalue weighted by Gasteiger charge is 1.99. The van der Waals surface area contributed by atoms with Crippen molar-refractivity contribution in [2.75, 3.05) is 0 Å². The lowest BCUT2D eigenvalue weighted by Gasteiger charge is -2.09. The van der Waals surface area contributed by atoms with Crippen LogP contribution in [-0.2, 0) is 17.8 Å². The minimum Gasteiger partial charge on any atom is -0.490 e. The van der Waals surface area contributed by atoms with Gasteiger partial charge in [0.2, 0.25) is 0 Å². The average molecular weight is 244 g/mol. The second-order valence-corrected chi connectivity index (χ2v) is 3.47. The van der Waals surface area contributed by atoms with Crippen LogP contribution in [0.4, 0.5) is 0 Å². The molecule has 1 aromatic rings. The zero-order chi connectivity index (χ0) is 13.8. The molecule has 0 bridgehead atoms. The third-order valence-electron chi connectivity index (χ3n) is 2.33. The Morgan fingerprint density at radius 2 is 1.83 bits per heavy atom. The molecule has 0 spiro atoms. The topological polar surface area (TPSA) is 9.23 Å². The number of rotatable bonds is 6. The predicted octanol–water partition coefficient (Wildman–Crippen LogP) is 5.05. The number of allylic oxidation sites excluding steroid dienone is 3. The summed E-state index contributed by atoms with van der Waals surface area (Å²) >= 11 is 0. The van der Waals surface area contributed by atoms with E-state index >= 15 is 0 Å². The number of hydrogen-bond acceptors (Lipinski definition) is 1. The molecule has 1 nitrogen and oxygen atoms in total. The van der Waals surface area contributed by atoms with Crippen molar-refractivity contribution in [2.45, 2.75) is 33.8 Å². The van der Waals surface area contributed by atoms with E-state index in [1.54, 1.807) is 6.08 Å². The summed E-state index contributed by atoms with van der Waals surface area (Å²) in [6.07, 6.45) is 6.35. The molecule has 0 saturated carbocycles. The Kier molecular flexibility index (Phi) is 9.38. The van der Waals surface area contributed by atoms with Gasteiger partial charge in [0.25, 0.3) is 0 Å². The molecule has 0 saturated heterocycles. The van der Waals surface area contributed by atoms with Crippen LogP contribution in [0, 0.1) is 0 Å². The van der Waals surface area contributed by atoms with Crippen molar-refractivity contribution in [3.63, 3.8) is 0 Å². The molecule has 0 fully saturated rings. The van der Waals surface area contributed by atoms with E-state index < -0.39 is 0 Å². The highest BCUT2D eigenvalue weighted by molar-refractivity contribution is 5.26. The summed E-state index contributed by atoms with van der Waals surface area (Å²) in [5.74, 6) is 0.658. The summed E-state index contributed by atoms with van der Waals surface area (Å²) in [6, 6.07) is 8.29. The molecule has 18 heavy (non-hydrogen) atoms. The van der Waals surface area contributed by atoms with Gasteiger partial charge in [-0.05, 0) is 23.6 Å². The van der Waals surface area contributed by atoms with Crippen molar-refractivity contribution in [1.29, 1.82) is 0 Å². The predicted molar refractivity (Wildman–Crippen MR) is 80.4 cm³/mol. The number of hydrogen-bond donors (Lipinski definition) is 0. The van der Waals surface area contributed by atoms with Gasteiger partial charge in [0.1, 0.15) is 12.4 Å². The van der Waals surface area contributed by atoms with Gasteiger partial charge in [-0.15, -0.1) is 0 Å². The van der Waals surface area contributed by atoms with Gasteiger partial charge in [-0.2, -0.15) is 0 Å². The third kappa shape index (κ3) is 6.09. The molecule has 98 valence electrons. The van der Waals surface area contributed by atoms with Crippen LogP contribution in [0.1, 0.15) is 31.9 Å². The van der Waals surface area contributed by atoms with Crippen molar-refractivity contribution in [3.8, 4) is 0 Å². The molecular formula is C17H24O. The fraction of sp³-hybridized carbons (Fsp3) is 0.294. The minimum absolute atomic E-state index is 0.574. The summed E-state index contributed by atoms with van der Waals surface area (Å²) in [5.41, 5.74) is 2.54. The first kappa shape index (κ1) is 16.2.